The third-order valence-electron chi connectivity index (χ3n) is 2.33. The maximum atomic E-state index is 3.93. The van der Waals surface area contributed by atoms with Crippen molar-refractivity contribution in [3.05, 3.63) is 41.0 Å². The smallest absolute Gasteiger partial charge is 0.0649 e. The molecule has 0 amide bonds. The molecule has 0 aliphatic carbocycles. The number of rotatable bonds is 3. The minimum atomic E-state index is 1.12. The van der Waals surface area contributed by atoms with Gasteiger partial charge in [-0.2, -0.15) is 5.10 Å². The minimum Gasteiger partial charge on any atom is -0.269 e. The first-order valence-electron chi connectivity index (χ1n) is 6.01. The Labute approximate surface area is 106 Å². The number of aryl methyl sites for hydroxylation is 1. The summed E-state index contributed by atoms with van der Waals surface area (Å²) in [5.41, 5.74) is 4.79. The van der Waals surface area contributed by atoms with Crippen LogP contribution in [0.25, 0.3) is 5.70 Å². The van der Waals surface area contributed by atoms with Crippen LogP contribution >= 0.6 is 0 Å². The Hall–Kier alpha value is -1.57. The van der Waals surface area contributed by atoms with Crippen LogP contribution in [0.2, 0.25) is 0 Å². The SMILES string of the molecule is C=NN(C)C(=C(C)C)c1ccc(C)cc1.CC. The lowest BCUT2D eigenvalue weighted by atomic mass is 10.1. The molecule has 0 heterocycles. The highest BCUT2D eigenvalue weighted by Gasteiger charge is 2.07. The second kappa shape index (κ2) is 7.66. The summed E-state index contributed by atoms with van der Waals surface area (Å²) in [5, 5.41) is 5.74. The zero-order valence-electron chi connectivity index (χ0n) is 11.9. The van der Waals surface area contributed by atoms with Crippen LogP contribution in [0.15, 0.2) is 34.9 Å². The molecule has 0 atom stereocenters. The molecule has 0 radical (unpaired) electrons. The predicted octanol–water partition coefficient (Wildman–Crippen LogP) is 4.32. The van der Waals surface area contributed by atoms with Gasteiger partial charge < -0.3 is 0 Å². The van der Waals surface area contributed by atoms with Gasteiger partial charge in [-0.25, -0.2) is 0 Å². The van der Waals surface area contributed by atoms with Gasteiger partial charge in [-0.15, -0.1) is 0 Å². The van der Waals surface area contributed by atoms with Crippen molar-refractivity contribution in [1.29, 1.82) is 0 Å². The summed E-state index contributed by atoms with van der Waals surface area (Å²) in [6.45, 7) is 13.8. The molecule has 1 aromatic rings. The molecule has 1 rings (SSSR count). The van der Waals surface area contributed by atoms with Crippen molar-refractivity contribution in [3.8, 4) is 0 Å². The van der Waals surface area contributed by atoms with E-state index in [0.717, 1.165) is 5.70 Å². The zero-order valence-corrected chi connectivity index (χ0v) is 11.9. The average Bonchev–Trinajstić information content (AvgIpc) is 2.34. The van der Waals surface area contributed by atoms with Gasteiger partial charge in [0, 0.05) is 13.8 Å². The number of hydrogen-bond donors (Lipinski definition) is 0. The Balaban J connectivity index is 0.00000121. The van der Waals surface area contributed by atoms with Crippen LogP contribution in [0.3, 0.4) is 0 Å². The highest BCUT2D eigenvalue weighted by molar-refractivity contribution is 5.66. The predicted molar refractivity (Wildman–Crippen MR) is 78.1 cm³/mol. The largest absolute Gasteiger partial charge is 0.269 e. The molecule has 0 saturated carbocycles. The molecule has 2 nitrogen and oxygen atoms in total. The van der Waals surface area contributed by atoms with Crippen molar-refractivity contribution in [2.45, 2.75) is 34.6 Å². The molecular weight excluding hydrogens is 208 g/mol. The van der Waals surface area contributed by atoms with E-state index in [0.29, 0.717) is 0 Å². The van der Waals surface area contributed by atoms with E-state index in [1.807, 2.05) is 20.9 Å². The van der Waals surface area contributed by atoms with Gasteiger partial charge in [0.15, 0.2) is 0 Å². The van der Waals surface area contributed by atoms with Gasteiger partial charge in [-0.05, 0) is 26.3 Å². The average molecular weight is 232 g/mol. The summed E-state index contributed by atoms with van der Waals surface area (Å²) >= 11 is 0. The summed E-state index contributed by atoms with van der Waals surface area (Å²) in [6, 6.07) is 8.43. The molecule has 0 aromatic heterocycles. The lowest BCUT2D eigenvalue weighted by Gasteiger charge is -2.19. The lowest BCUT2D eigenvalue weighted by molar-refractivity contribution is 0.518. The van der Waals surface area contributed by atoms with E-state index >= 15 is 0 Å². The van der Waals surface area contributed by atoms with Gasteiger partial charge in [-0.3, -0.25) is 5.01 Å². The maximum absolute atomic E-state index is 3.93. The molecule has 1 aromatic carbocycles. The van der Waals surface area contributed by atoms with E-state index < -0.39 is 0 Å². The Kier molecular flexibility index (Phi) is 6.95. The van der Waals surface area contributed by atoms with Crippen LogP contribution in [0.4, 0.5) is 0 Å². The summed E-state index contributed by atoms with van der Waals surface area (Å²) in [7, 11) is 1.91. The molecule has 17 heavy (non-hydrogen) atoms. The number of benzene rings is 1. The van der Waals surface area contributed by atoms with Crippen molar-refractivity contribution < 1.29 is 0 Å². The lowest BCUT2D eigenvalue weighted by Crippen LogP contribution is -2.10. The fourth-order valence-corrected chi connectivity index (χ4v) is 1.58. The fourth-order valence-electron chi connectivity index (χ4n) is 1.58. The standard InChI is InChI=1S/C13H18N2.C2H6/c1-10(2)13(15(5)14-4)12-8-6-11(3)7-9-12;1-2/h6-9H,4H2,1-3,5H3;1-2H3. The molecule has 0 N–H and O–H groups in total. The van der Waals surface area contributed by atoms with E-state index in [9.17, 15) is 0 Å². The van der Waals surface area contributed by atoms with Gasteiger partial charge in [-0.1, -0.05) is 49.2 Å². The Morgan fingerprint density at radius 1 is 1.12 bits per heavy atom. The Morgan fingerprint density at radius 2 is 1.59 bits per heavy atom. The molecule has 2 heteroatoms. The Morgan fingerprint density at radius 3 is 1.94 bits per heavy atom. The fraction of sp³-hybridized carbons (Fsp3) is 0.400. The molecule has 0 bridgehead atoms. The number of allylic oxidation sites excluding steroid dienone is 1. The number of nitrogens with zero attached hydrogens (tertiary/aromatic N) is 2. The van der Waals surface area contributed by atoms with Gasteiger partial charge in [0.2, 0.25) is 0 Å². The first-order chi connectivity index (χ1) is 8.06. The molecule has 0 fully saturated rings. The quantitative estimate of drug-likeness (QED) is 0.560. The third kappa shape index (κ3) is 4.43. The normalized spacial score (nSPS) is 8.82. The van der Waals surface area contributed by atoms with E-state index in [2.05, 4.69) is 56.9 Å². The molecule has 0 aliphatic heterocycles. The highest BCUT2D eigenvalue weighted by atomic mass is 15.4. The molecule has 0 saturated heterocycles. The highest BCUT2D eigenvalue weighted by Crippen LogP contribution is 2.22. The third-order valence-corrected chi connectivity index (χ3v) is 2.33. The number of hydrazone groups is 1. The Bertz CT molecular complexity index is 370. The van der Waals surface area contributed by atoms with Crippen molar-refractivity contribution in [3.63, 3.8) is 0 Å². The zero-order chi connectivity index (χ0) is 13.4. The summed E-state index contributed by atoms with van der Waals surface area (Å²) in [5.74, 6) is 0. The second-order valence-electron chi connectivity index (χ2n) is 3.88. The number of hydrogen-bond acceptors (Lipinski definition) is 2. The molecule has 0 unspecified atom stereocenters. The van der Waals surface area contributed by atoms with Crippen LogP contribution < -0.4 is 0 Å². The van der Waals surface area contributed by atoms with Crippen LogP contribution in [0, 0.1) is 6.92 Å². The summed E-state index contributed by atoms with van der Waals surface area (Å²) < 4.78 is 0. The van der Waals surface area contributed by atoms with Gasteiger partial charge in [0.05, 0.1) is 5.70 Å². The van der Waals surface area contributed by atoms with Gasteiger partial charge in [0.1, 0.15) is 0 Å². The van der Waals surface area contributed by atoms with Crippen molar-refractivity contribution in [1.82, 2.24) is 5.01 Å². The van der Waals surface area contributed by atoms with Gasteiger partial charge >= 0.3 is 0 Å². The van der Waals surface area contributed by atoms with E-state index in [-0.39, 0.29) is 0 Å². The van der Waals surface area contributed by atoms with Crippen LogP contribution in [-0.4, -0.2) is 18.8 Å². The van der Waals surface area contributed by atoms with Crippen molar-refractivity contribution in [2.24, 2.45) is 5.10 Å². The summed E-state index contributed by atoms with van der Waals surface area (Å²) in [6.07, 6.45) is 0. The van der Waals surface area contributed by atoms with Gasteiger partial charge in [0.25, 0.3) is 0 Å². The maximum Gasteiger partial charge on any atom is 0.0649 e. The van der Waals surface area contributed by atoms with Crippen LogP contribution in [0.5, 0.6) is 0 Å². The van der Waals surface area contributed by atoms with E-state index in [1.165, 1.54) is 16.7 Å². The van der Waals surface area contributed by atoms with Crippen LogP contribution in [-0.2, 0) is 0 Å². The van der Waals surface area contributed by atoms with Crippen LogP contribution in [0.1, 0.15) is 38.8 Å². The van der Waals surface area contributed by atoms with E-state index in [1.54, 1.807) is 5.01 Å². The van der Waals surface area contributed by atoms with Crippen molar-refractivity contribution in [2.75, 3.05) is 7.05 Å². The summed E-state index contributed by atoms with van der Waals surface area (Å²) in [4.78, 5) is 0. The first-order valence-corrected chi connectivity index (χ1v) is 6.01. The second-order valence-corrected chi connectivity index (χ2v) is 3.88. The molecule has 94 valence electrons. The molecular formula is C15H24N2. The topological polar surface area (TPSA) is 15.6 Å². The molecule has 0 aliphatic rings. The molecule has 0 spiro atoms. The minimum absolute atomic E-state index is 1.12. The first kappa shape index (κ1) is 15.4. The van der Waals surface area contributed by atoms with Crippen molar-refractivity contribution >= 4 is 12.4 Å². The van der Waals surface area contributed by atoms with E-state index in [4.69, 9.17) is 0 Å². The monoisotopic (exact) mass is 232 g/mol.